The van der Waals surface area contributed by atoms with Gasteiger partial charge in [-0.15, -0.1) is 0 Å². The van der Waals surface area contributed by atoms with Crippen molar-refractivity contribution in [2.75, 3.05) is 44.7 Å². The topological polar surface area (TPSA) is 100 Å². The Kier molecular flexibility index (Phi) is 7.20. The van der Waals surface area contributed by atoms with Crippen LogP contribution < -0.4 is 10.6 Å². The van der Waals surface area contributed by atoms with Gasteiger partial charge in [-0.1, -0.05) is 43.0 Å². The van der Waals surface area contributed by atoms with Crippen molar-refractivity contribution in [2.45, 2.75) is 55.9 Å². The number of carbonyl (C=O) groups excluding carboxylic acids is 3. The van der Waals surface area contributed by atoms with Crippen molar-refractivity contribution in [2.24, 2.45) is 11.8 Å². The lowest BCUT2D eigenvalue weighted by Gasteiger charge is -2.35. The molecule has 5 atom stereocenters. The van der Waals surface area contributed by atoms with Gasteiger partial charge in [0.1, 0.15) is 11.6 Å². The maximum Gasteiger partial charge on any atom is 0.246 e. The standard InChI is InChI=1S/C28H35ClN4O5/c29-18-6-8-20(9-7-18)30-25(34)22-21-10-11-28(38-21)23(22)27(36)33(13-12-32-14-16-37-17-15-32)24(28)26(35)31-19-4-2-1-3-5-19/h6-11,19,21-24H,1-5,12-17H2,(H,30,34)(H,31,35). The van der Waals surface area contributed by atoms with Gasteiger partial charge >= 0.3 is 0 Å². The third kappa shape index (κ3) is 4.63. The molecule has 9 nitrogen and oxygen atoms in total. The molecule has 4 aliphatic heterocycles. The van der Waals surface area contributed by atoms with Crippen LogP contribution in [0.1, 0.15) is 32.1 Å². The molecule has 0 aromatic heterocycles. The SMILES string of the molecule is O=C(Nc1ccc(Cl)cc1)C1C2C=CC3(O2)C1C(=O)N(CCN1CCOCC1)C3C(=O)NC1CCCCC1. The van der Waals surface area contributed by atoms with Crippen LogP contribution in [0.25, 0.3) is 0 Å². The monoisotopic (exact) mass is 542 g/mol. The first-order valence-corrected chi connectivity index (χ1v) is 14.2. The maximum atomic E-state index is 14.1. The number of ether oxygens (including phenoxy) is 2. The summed E-state index contributed by atoms with van der Waals surface area (Å²) in [4.78, 5) is 45.4. The Hall–Kier alpha value is -2.46. The van der Waals surface area contributed by atoms with Crippen molar-refractivity contribution in [3.05, 3.63) is 41.4 Å². The number of morpholine rings is 1. The number of likely N-dealkylation sites (tertiary alicyclic amines) is 1. The number of nitrogens with zero attached hydrogens (tertiary/aromatic N) is 2. The minimum absolute atomic E-state index is 0.106. The number of carbonyl (C=O) groups is 3. The van der Waals surface area contributed by atoms with E-state index in [1.807, 2.05) is 12.2 Å². The first-order valence-electron chi connectivity index (χ1n) is 13.8. The minimum Gasteiger partial charge on any atom is -0.379 e. The molecule has 1 aromatic rings. The van der Waals surface area contributed by atoms with Crippen LogP contribution in [0.5, 0.6) is 0 Å². The number of rotatable bonds is 7. The quantitative estimate of drug-likeness (QED) is 0.513. The average molecular weight is 543 g/mol. The van der Waals surface area contributed by atoms with Gasteiger partial charge in [-0.25, -0.2) is 0 Å². The van der Waals surface area contributed by atoms with Crippen LogP contribution in [0.15, 0.2) is 36.4 Å². The molecule has 6 rings (SSSR count). The van der Waals surface area contributed by atoms with Gasteiger partial charge in [0.2, 0.25) is 17.7 Å². The van der Waals surface area contributed by atoms with E-state index in [1.165, 1.54) is 6.42 Å². The number of fused-ring (bicyclic) bond motifs is 1. The van der Waals surface area contributed by atoms with E-state index in [0.29, 0.717) is 37.0 Å². The van der Waals surface area contributed by atoms with Crippen LogP contribution in [0.2, 0.25) is 5.02 Å². The summed E-state index contributed by atoms with van der Waals surface area (Å²) in [5, 5.41) is 6.74. The van der Waals surface area contributed by atoms with Gasteiger partial charge < -0.3 is 25.0 Å². The number of hydrogen-bond acceptors (Lipinski definition) is 6. The molecule has 2 N–H and O–H groups in total. The third-order valence-corrected chi connectivity index (χ3v) is 9.00. The van der Waals surface area contributed by atoms with Crippen molar-refractivity contribution < 1.29 is 23.9 Å². The van der Waals surface area contributed by atoms with Crippen LogP contribution >= 0.6 is 11.6 Å². The molecule has 10 heteroatoms. The first kappa shape index (κ1) is 25.8. The Morgan fingerprint density at radius 1 is 1.03 bits per heavy atom. The fraction of sp³-hybridized carbons (Fsp3) is 0.607. The molecule has 2 bridgehead atoms. The lowest BCUT2D eigenvalue weighted by Crippen LogP contribution is -2.57. The van der Waals surface area contributed by atoms with E-state index in [-0.39, 0.29) is 23.8 Å². The summed E-state index contributed by atoms with van der Waals surface area (Å²) in [6, 6.07) is 6.16. The molecular formula is C28H35ClN4O5. The van der Waals surface area contributed by atoms with E-state index < -0.39 is 29.6 Å². The predicted molar refractivity (Wildman–Crippen MR) is 142 cm³/mol. The second-order valence-corrected chi connectivity index (χ2v) is 11.5. The molecule has 1 saturated carbocycles. The van der Waals surface area contributed by atoms with E-state index in [1.54, 1.807) is 29.2 Å². The van der Waals surface area contributed by atoms with Gasteiger partial charge in [0.25, 0.3) is 0 Å². The van der Waals surface area contributed by atoms with Crippen molar-refractivity contribution in [1.82, 2.24) is 15.1 Å². The highest BCUT2D eigenvalue weighted by Gasteiger charge is 2.72. The van der Waals surface area contributed by atoms with Crippen molar-refractivity contribution >= 4 is 35.0 Å². The van der Waals surface area contributed by atoms with Crippen LogP contribution in [0.3, 0.4) is 0 Å². The maximum absolute atomic E-state index is 14.1. The van der Waals surface area contributed by atoms with Gasteiger partial charge in [0.15, 0.2) is 0 Å². The second kappa shape index (κ2) is 10.6. The van der Waals surface area contributed by atoms with E-state index in [2.05, 4.69) is 15.5 Å². The van der Waals surface area contributed by atoms with Crippen LogP contribution in [0.4, 0.5) is 5.69 Å². The van der Waals surface area contributed by atoms with Gasteiger partial charge in [-0.3, -0.25) is 19.3 Å². The highest BCUT2D eigenvalue weighted by molar-refractivity contribution is 6.30. The first-order chi connectivity index (χ1) is 18.5. The predicted octanol–water partition coefficient (Wildman–Crippen LogP) is 2.21. The fourth-order valence-corrected chi connectivity index (χ4v) is 6.99. The van der Waals surface area contributed by atoms with Crippen molar-refractivity contribution in [1.29, 1.82) is 0 Å². The summed E-state index contributed by atoms with van der Waals surface area (Å²) in [5.74, 6) is -2.13. The number of nitrogens with one attached hydrogen (secondary N) is 2. The zero-order valence-corrected chi connectivity index (χ0v) is 22.2. The largest absolute Gasteiger partial charge is 0.379 e. The Morgan fingerprint density at radius 3 is 2.50 bits per heavy atom. The number of halogens is 1. The molecule has 4 fully saturated rings. The molecule has 1 aromatic carbocycles. The molecule has 4 heterocycles. The summed E-state index contributed by atoms with van der Waals surface area (Å²) in [7, 11) is 0. The summed E-state index contributed by atoms with van der Waals surface area (Å²) in [6.07, 6.45) is 8.42. The Labute approximate surface area is 227 Å². The number of amides is 3. The van der Waals surface area contributed by atoms with Gasteiger partial charge in [0, 0.05) is 42.9 Å². The third-order valence-electron chi connectivity index (χ3n) is 8.75. The number of benzene rings is 1. The molecule has 5 aliphatic rings. The molecule has 3 amide bonds. The Balaban J connectivity index is 1.26. The van der Waals surface area contributed by atoms with E-state index in [9.17, 15) is 14.4 Å². The van der Waals surface area contributed by atoms with Crippen LogP contribution in [0, 0.1) is 11.8 Å². The Bertz CT molecular complexity index is 1100. The van der Waals surface area contributed by atoms with E-state index in [4.69, 9.17) is 21.1 Å². The summed E-state index contributed by atoms with van der Waals surface area (Å²) < 4.78 is 11.9. The molecule has 38 heavy (non-hydrogen) atoms. The lowest BCUT2D eigenvalue weighted by molar-refractivity contribution is -0.141. The number of hydrogen-bond donors (Lipinski definition) is 2. The van der Waals surface area contributed by atoms with E-state index in [0.717, 1.165) is 38.8 Å². The normalized spacial score (nSPS) is 33.0. The zero-order chi connectivity index (χ0) is 26.3. The van der Waals surface area contributed by atoms with Crippen molar-refractivity contribution in [3.8, 4) is 0 Å². The second-order valence-electron chi connectivity index (χ2n) is 11.0. The molecule has 1 spiro atoms. The molecular weight excluding hydrogens is 508 g/mol. The van der Waals surface area contributed by atoms with Gasteiger partial charge in [-0.05, 0) is 37.1 Å². The van der Waals surface area contributed by atoms with E-state index >= 15 is 0 Å². The minimum atomic E-state index is -1.15. The smallest absolute Gasteiger partial charge is 0.246 e. The summed E-state index contributed by atoms with van der Waals surface area (Å²) in [6.45, 7) is 3.94. The zero-order valence-electron chi connectivity index (χ0n) is 21.4. The lowest BCUT2D eigenvalue weighted by atomic mass is 9.74. The van der Waals surface area contributed by atoms with Crippen molar-refractivity contribution in [3.63, 3.8) is 0 Å². The van der Waals surface area contributed by atoms with Gasteiger partial charge in [-0.2, -0.15) is 0 Å². The van der Waals surface area contributed by atoms with Crippen LogP contribution in [-0.2, 0) is 23.9 Å². The number of anilines is 1. The Morgan fingerprint density at radius 2 is 1.76 bits per heavy atom. The summed E-state index contributed by atoms with van der Waals surface area (Å²) >= 11 is 6.00. The van der Waals surface area contributed by atoms with Crippen LogP contribution in [-0.4, -0.2) is 90.7 Å². The van der Waals surface area contributed by atoms with Gasteiger partial charge in [0.05, 0.1) is 31.2 Å². The molecule has 3 saturated heterocycles. The fourth-order valence-electron chi connectivity index (χ4n) is 6.87. The average Bonchev–Trinajstić information content (AvgIpc) is 3.57. The molecule has 1 aliphatic carbocycles. The molecule has 5 unspecified atom stereocenters. The highest BCUT2D eigenvalue weighted by atomic mass is 35.5. The highest BCUT2D eigenvalue weighted by Crippen LogP contribution is 2.55. The summed E-state index contributed by atoms with van der Waals surface area (Å²) in [5.41, 5.74) is -0.547. The molecule has 204 valence electrons. The molecule has 0 radical (unpaired) electrons.